The Morgan fingerprint density at radius 1 is 1.12 bits per heavy atom. The average molecular weight is 461 g/mol. The van der Waals surface area contributed by atoms with E-state index in [1.165, 1.54) is 7.11 Å². The highest BCUT2D eigenvalue weighted by Gasteiger charge is 2.50. The third kappa shape index (κ3) is 5.30. The Hall–Kier alpha value is -3.30. The molecule has 10 heteroatoms. The minimum Gasteiger partial charge on any atom is -0.497 e. The molecule has 0 spiro atoms. The molecule has 4 amide bonds. The number of carbonyl (C=O) groups is 3. The molecule has 1 saturated heterocycles. The lowest BCUT2D eigenvalue weighted by atomic mass is 9.92. The first-order valence-corrected chi connectivity index (χ1v) is 10.3. The number of nitrogens with zero attached hydrogens (tertiary/aromatic N) is 2. The second-order valence-corrected chi connectivity index (χ2v) is 7.94. The summed E-state index contributed by atoms with van der Waals surface area (Å²) < 4.78 is 10.7. The number of methoxy groups -OCH3 is 1. The summed E-state index contributed by atoms with van der Waals surface area (Å²) in [5.74, 6) is 0.225. The molecule has 1 unspecified atom stereocenters. The van der Waals surface area contributed by atoms with Gasteiger partial charge in [0.05, 0.1) is 13.7 Å². The van der Waals surface area contributed by atoms with Crippen molar-refractivity contribution in [1.82, 2.24) is 20.7 Å². The van der Waals surface area contributed by atoms with Crippen LogP contribution in [0.1, 0.15) is 12.5 Å². The van der Waals surface area contributed by atoms with Crippen LogP contribution in [0.25, 0.3) is 0 Å². The monoisotopic (exact) mass is 460 g/mol. The molecule has 1 aliphatic rings. The van der Waals surface area contributed by atoms with Gasteiger partial charge >= 0.3 is 6.03 Å². The second-order valence-electron chi connectivity index (χ2n) is 7.50. The molecule has 2 N–H and O–H groups in total. The largest absolute Gasteiger partial charge is 0.497 e. The van der Waals surface area contributed by atoms with Crippen LogP contribution < -0.4 is 20.2 Å². The van der Waals surface area contributed by atoms with Crippen molar-refractivity contribution in [2.45, 2.75) is 12.5 Å². The topological polar surface area (TPSA) is 100 Å². The van der Waals surface area contributed by atoms with Gasteiger partial charge in [-0.1, -0.05) is 23.7 Å². The van der Waals surface area contributed by atoms with Crippen LogP contribution in [0.5, 0.6) is 11.5 Å². The van der Waals surface area contributed by atoms with Crippen LogP contribution in [0.4, 0.5) is 4.79 Å². The van der Waals surface area contributed by atoms with Crippen molar-refractivity contribution < 1.29 is 23.9 Å². The first kappa shape index (κ1) is 23.4. The van der Waals surface area contributed by atoms with E-state index in [9.17, 15) is 14.4 Å². The van der Waals surface area contributed by atoms with Gasteiger partial charge in [0.25, 0.3) is 11.8 Å². The number of hydrogen-bond donors (Lipinski definition) is 2. The van der Waals surface area contributed by atoms with Gasteiger partial charge in [-0.15, -0.1) is 0 Å². The van der Waals surface area contributed by atoms with Gasteiger partial charge in [0.1, 0.15) is 23.6 Å². The predicted octanol–water partition coefficient (Wildman–Crippen LogP) is 2.16. The number of rotatable bonds is 9. The minimum atomic E-state index is -1.30. The van der Waals surface area contributed by atoms with E-state index < -0.39 is 23.4 Å². The second kappa shape index (κ2) is 9.88. The van der Waals surface area contributed by atoms with Gasteiger partial charge in [-0.25, -0.2) is 4.79 Å². The zero-order chi connectivity index (χ0) is 23.3. The fourth-order valence-corrected chi connectivity index (χ4v) is 3.32. The number of ether oxygens (including phenoxy) is 2. The summed E-state index contributed by atoms with van der Waals surface area (Å²) in [6.45, 7) is 2.37. The molecule has 1 heterocycles. The summed E-state index contributed by atoms with van der Waals surface area (Å²) in [7, 11) is 3.27. The third-order valence-electron chi connectivity index (χ3n) is 5.06. The van der Waals surface area contributed by atoms with Gasteiger partial charge in [0, 0.05) is 11.6 Å². The first-order valence-electron chi connectivity index (χ1n) is 9.90. The lowest BCUT2D eigenvalue weighted by Crippen LogP contribution is -2.50. The lowest BCUT2D eigenvalue weighted by molar-refractivity contribution is -0.139. The van der Waals surface area contributed by atoms with E-state index in [4.69, 9.17) is 21.1 Å². The summed E-state index contributed by atoms with van der Waals surface area (Å²) in [6, 6.07) is 13.0. The fourth-order valence-electron chi connectivity index (χ4n) is 3.20. The highest BCUT2D eigenvalue weighted by atomic mass is 35.5. The SMILES string of the molecule is COc1ccc(C2(C)NC(=O)N(NC(=O)CN(C)CCOc3ccc(Cl)cc3)C2=O)cc1. The van der Waals surface area contributed by atoms with E-state index in [0.717, 1.165) is 0 Å². The molecule has 3 rings (SSSR count). The number of likely N-dealkylation sites (N-methyl/N-ethyl adjacent to an activating group) is 1. The highest BCUT2D eigenvalue weighted by molar-refractivity contribution is 6.30. The van der Waals surface area contributed by atoms with Crippen molar-refractivity contribution in [2.75, 3.05) is 33.9 Å². The molecule has 0 bridgehead atoms. The number of amides is 4. The van der Waals surface area contributed by atoms with Crippen molar-refractivity contribution in [1.29, 1.82) is 0 Å². The molecule has 170 valence electrons. The maximum atomic E-state index is 12.9. The molecule has 1 aliphatic heterocycles. The van der Waals surface area contributed by atoms with Crippen molar-refractivity contribution in [3.63, 3.8) is 0 Å². The molecular weight excluding hydrogens is 436 g/mol. The predicted molar refractivity (Wildman–Crippen MR) is 118 cm³/mol. The number of urea groups is 1. The van der Waals surface area contributed by atoms with Crippen LogP contribution >= 0.6 is 11.6 Å². The maximum Gasteiger partial charge on any atom is 0.344 e. The van der Waals surface area contributed by atoms with Gasteiger partial charge in [-0.2, -0.15) is 5.01 Å². The molecule has 0 aromatic heterocycles. The van der Waals surface area contributed by atoms with Gasteiger partial charge in [0.2, 0.25) is 0 Å². The number of benzene rings is 2. The number of hydrazine groups is 1. The normalized spacial score (nSPS) is 18.0. The van der Waals surface area contributed by atoms with E-state index in [1.807, 2.05) is 0 Å². The van der Waals surface area contributed by atoms with Crippen LogP contribution in [0.2, 0.25) is 5.02 Å². The summed E-state index contributed by atoms with van der Waals surface area (Å²) in [5, 5.41) is 3.97. The summed E-state index contributed by atoms with van der Waals surface area (Å²) in [5.41, 5.74) is 1.66. The molecule has 0 saturated carbocycles. The molecule has 1 atom stereocenters. The molecule has 1 fully saturated rings. The Labute approximate surface area is 191 Å². The molecule has 2 aromatic carbocycles. The Morgan fingerprint density at radius 3 is 2.38 bits per heavy atom. The Kier molecular flexibility index (Phi) is 7.22. The number of halogens is 1. The van der Waals surface area contributed by atoms with Crippen molar-refractivity contribution in [3.8, 4) is 11.5 Å². The van der Waals surface area contributed by atoms with E-state index in [1.54, 1.807) is 67.4 Å². The maximum absolute atomic E-state index is 12.9. The zero-order valence-electron chi connectivity index (χ0n) is 18.1. The van der Waals surface area contributed by atoms with E-state index in [2.05, 4.69) is 10.7 Å². The average Bonchev–Trinajstić information content (AvgIpc) is 2.99. The fraction of sp³-hybridized carbons (Fsp3) is 0.318. The van der Waals surface area contributed by atoms with E-state index in [-0.39, 0.29) is 6.54 Å². The van der Waals surface area contributed by atoms with Crippen molar-refractivity contribution >= 4 is 29.4 Å². The van der Waals surface area contributed by atoms with Crippen LogP contribution in [0.15, 0.2) is 48.5 Å². The quantitative estimate of drug-likeness (QED) is 0.556. The van der Waals surface area contributed by atoms with Crippen LogP contribution in [-0.4, -0.2) is 61.6 Å². The zero-order valence-corrected chi connectivity index (χ0v) is 18.8. The third-order valence-corrected chi connectivity index (χ3v) is 5.32. The van der Waals surface area contributed by atoms with E-state index in [0.29, 0.717) is 40.2 Å². The van der Waals surface area contributed by atoms with Crippen LogP contribution in [0, 0.1) is 0 Å². The first-order chi connectivity index (χ1) is 15.2. The Bertz CT molecular complexity index is 983. The summed E-state index contributed by atoms with van der Waals surface area (Å²) in [6.07, 6.45) is 0. The number of nitrogens with one attached hydrogen (secondary N) is 2. The van der Waals surface area contributed by atoms with Gasteiger partial charge in [-0.05, 0) is 55.9 Å². The molecular formula is C22H25ClN4O5. The molecule has 32 heavy (non-hydrogen) atoms. The van der Waals surface area contributed by atoms with Gasteiger partial charge < -0.3 is 14.8 Å². The molecule has 2 aromatic rings. The van der Waals surface area contributed by atoms with Crippen LogP contribution in [0.3, 0.4) is 0 Å². The van der Waals surface area contributed by atoms with Gasteiger partial charge in [-0.3, -0.25) is 19.9 Å². The molecule has 9 nitrogen and oxygen atoms in total. The standard InChI is InChI=1S/C22H25ClN4O5/c1-22(15-4-8-17(31-3)9-5-15)20(29)27(21(30)24-22)25-19(28)14-26(2)12-13-32-18-10-6-16(23)7-11-18/h4-11H,12-14H2,1-3H3,(H,24,30)(H,25,28). The Balaban J connectivity index is 1.52. The smallest absolute Gasteiger partial charge is 0.344 e. The molecule has 0 aliphatic carbocycles. The lowest BCUT2D eigenvalue weighted by Gasteiger charge is -2.23. The summed E-state index contributed by atoms with van der Waals surface area (Å²) >= 11 is 5.84. The Morgan fingerprint density at radius 2 is 1.75 bits per heavy atom. The summed E-state index contributed by atoms with van der Waals surface area (Å²) in [4.78, 5) is 39.4. The highest BCUT2D eigenvalue weighted by Crippen LogP contribution is 2.29. The number of imide groups is 1. The van der Waals surface area contributed by atoms with Crippen LogP contribution in [-0.2, 0) is 15.1 Å². The number of hydrogen-bond acceptors (Lipinski definition) is 6. The van der Waals surface area contributed by atoms with Crippen molar-refractivity contribution in [2.24, 2.45) is 0 Å². The molecule has 0 radical (unpaired) electrons. The van der Waals surface area contributed by atoms with Crippen molar-refractivity contribution in [3.05, 3.63) is 59.1 Å². The van der Waals surface area contributed by atoms with Gasteiger partial charge in [0.15, 0.2) is 0 Å². The minimum absolute atomic E-state index is 0.0275. The number of carbonyl (C=O) groups excluding carboxylic acids is 3. The van der Waals surface area contributed by atoms with E-state index >= 15 is 0 Å².